The Hall–Kier alpha value is -3.09. The van der Waals surface area contributed by atoms with Crippen molar-refractivity contribution in [3.8, 4) is 0 Å². The van der Waals surface area contributed by atoms with Crippen LogP contribution in [0.3, 0.4) is 0 Å². The molecule has 0 atom stereocenters. The zero-order chi connectivity index (χ0) is 13.7. The molecule has 1 amide bonds. The van der Waals surface area contributed by atoms with Gasteiger partial charge < -0.3 is 5.32 Å². The quantitative estimate of drug-likeness (QED) is 0.341. The smallest absolute Gasteiger partial charge is 0.221 e. The Bertz CT molecular complexity index is 602. The molecule has 0 unspecified atom stereocenters. The number of nitrogens with zero attached hydrogens (tertiary/aromatic N) is 6. The summed E-state index contributed by atoms with van der Waals surface area (Å²) >= 11 is 0. The second-order valence-corrected chi connectivity index (χ2v) is 3.01. The molecule has 90 valence electrons. The standard InChI is InChI=1S/C8H5N7O3/c1-3(16)11-6-5(17)2-4(12-14-9)8(18)7(6)13-15-10/h2H,1H3,(H,11,16). The molecule has 0 aromatic rings. The highest BCUT2D eigenvalue weighted by Gasteiger charge is 2.27. The molecule has 18 heavy (non-hydrogen) atoms. The number of Topliss-reactive ketones (excluding diaryl/α,β-unsaturated/α-hetero) is 1. The van der Waals surface area contributed by atoms with E-state index in [2.05, 4.69) is 25.4 Å². The molecule has 0 radical (unpaired) electrons. The Balaban J connectivity index is 3.39. The lowest BCUT2D eigenvalue weighted by molar-refractivity contribution is -0.120. The fourth-order valence-corrected chi connectivity index (χ4v) is 1.17. The zero-order valence-corrected chi connectivity index (χ0v) is 8.99. The molecule has 0 aromatic carbocycles. The maximum absolute atomic E-state index is 11.7. The number of carbonyl (C=O) groups is 3. The number of allylic oxidation sites excluding steroid dienone is 1. The van der Waals surface area contributed by atoms with Gasteiger partial charge in [0.25, 0.3) is 0 Å². The highest BCUT2D eigenvalue weighted by Crippen LogP contribution is 2.20. The van der Waals surface area contributed by atoms with Gasteiger partial charge in [0.15, 0.2) is 5.78 Å². The van der Waals surface area contributed by atoms with E-state index in [1.165, 1.54) is 0 Å². The van der Waals surface area contributed by atoms with Crippen LogP contribution in [0.25, 0.3) is 20.9 Å². The molecule has 0 aromatic heterocycles. The van der Waals surface area contributed by atoms with Crippen LogP contribution in [0.2, 0.25) is 0 Å². The first-order chi connectivity index (χ1) is 8.51. The molecule has 0 spiro atoms. The van der Waals surface area contributed by atoms with E-state index in [4.69, 9.17) is 11.1 Å². The van der Waals surface area contributed by atoms with Gasteiger partial charge in [0, 0.05) is 22.8 Å². The van der Waals surface area contributed by atoms with Crippen LogP contribution >= 0.6 is 0 Å². The highest BCUT2D eigenvalue weighted by atomic mass is 16.2. The first-order valence-corrected chi connectivity index (χ1v) is 4.44. The average Bonchev–Trinajstić information content (AvgIpc) is 2.30. The van der Waals surface area contributed by atoms with Crippen molar-refractivity contribution >= 4 is 17.5 Å². The maximum atomic E-state index is 11.7. The Morgan fingerprint density at radius 1 is 1.28 bits per heavy atom. The van der Waals surface area contributed by atoms with E-state index in [9.17, 15) is 14.4 Å². The van der Waals surface area contributed by atoms with E-state index < -0.39 is 34.6 Å². The van der Waals surface area contributed by atoms with Gasteiger partial charge in [-0.25, -0.2) is 0 Å². The third-order valence-electron chi connectivity index (χ3n) is 1.80. The minimum atomic E-state index is -0.936. The first kappa shape index (κ1) is 13.0. The van der Waals surface area contributed by atoms with Crippen LogP contribution in [0.4, 0.5) is 0 Å². The third-order valence-corrected chi connectivity index (χ3v) is 1.80. The molecule has 0 aliphatic heterocycles. The van der Waals surface area contributed by atoms with Crippen molar-refractivity contribution in [2.24, 2.45) is 10.2 Å². The summed E-state index contributed by atoms with van der Waals surface area (Å²) in [5, 5.41) is 8.12. The lowest BCUT2D eigenvalue weighted by Gasteiger charge is -2.13. The lowest BCUT2D eigenvalue weighted by Crippen LogP contribution is -2.30. The third kappa shape index (κ3) is 2.53. The summed E-state index contributed by atoms with van der Waals surface area (Å²) in [5.41, 5.74) is 15.0. The molecule has 1 rings (SSSR count). The predicted octanol–water partition coefficient (Wildman–Crippen LogP) is 0.990. The number of rotatable bonds is 3. The van der Waals surface area contributed by atoms with Crippen molar-refractivity contribution < 1.29 is 14.4 Å². The van der Waals surface area contributed by atoms with Crippen molar-refractivity contribution in [3.05, 3.63) is 44.1 Å². The minimum Gasteiger partial charge on any atom is -0.323 e. The van der Waals surface area contributed by atoms with Gasteiger partial charge in [-0.15, -0.1) is 0 Å². The van der Waals surface area contributed by atoms with E-state index in [-0.39, 0.29) is 0 Å². The van der Waals surface area contributed by atoms with Crippen LogP contribution in [0.5, 0.6) is 0 Å². The van der Waals surface area contributed by atoms with E-state index >= 15 is 0 Å². The van der Waals surface area contributed by atoms with Crippen molar-refractivity contribution in [2.45, 2.75) is 6.92 Å². The van der Waals surface area contributed by atoms with Crippen LogP contribution < -0.4 is 5.32 Å². The van der Waals surface area contributed by atoms with Crippen LogP contribution in [0.15, 0.2) is 33.4 Å². The molecular formula is C8H5N7O3. The van der Waals surface area contributed by atoms with Crippen LogP contribution in [0, 0.1) is 0 Å². The summed E-state index contributed by atoms with van der Waals surface area (Å²) in [6, 6.07) is 0. The number of amides is 1. The SMILES string of the molecule is CC(=O)NC1=C(N=[N+]=[N-])C(=O)C(N=[N+]=[N-])=CC1=O. The van der Waals surface area contributed by atoms with Gasteiger partial charge >= 0.3 is 0 Å². The second-order valence-electron chi connectivity index (χ2n) is 3.01. The first-order valence-electron chi connectivity index (χ1n) is 4.44. The van der Waals surface area contributed by atoms with Crippen molar-refractivity contribution in [3.63, 3.8) is 0 Å². The molecule has 10 heteroatoms. The summed E-state index contributed by atoms with van der Waals surface area (Å²) < 4.78 is 0. The number of carbonyl (C=O) groups excluding carboxylic acids is 3. The Morgan fingerprint density at radius 2 is 1.89 bits per heavy atom. The van der Waals surface area contributed by atoms with Crippen molar-refractivity contribution in [1.29, 1.82) is 0 Å². The monoisotopic (exact) mass is 247 g/mol. The number of ketones is 2. The Kier molecular flexibility index (Phi) is 3.82. The zero-order valence-electron chi connectivity index (χ0n) is 8.99. The molecule has 10 nitrogen and oxygen atoms in total. The summed E-state index contributed by atoms with van der Waals surface area (Å²) in [6.45, 7) is 1.12. The lowest BCUT2D eigenvalue weighted by atomic mass is 10.0. The van der Waals surface area contributed by atoms with Gasteiger partial charge in [-0.3, -0.25) is 14.4 Å². The molecule has 0 fully saturated rings. The van der Waals surface area contributed by atoms with Crippen LogP contribution in [0.1, 0.15) is 6.92 Å². The van der Waals surface area contributed by atoms with Gasteiger partial charge in [-0.1, -0.05) is 10.2 Å². The number of hydrogen-bond acceptors (Lipinski definition) is 5. The van der Waals surface area contributed by atoms with Gasteiger partial charge in [-0.2, -0.15) is 0 Å². The van der Waals surface area contributed by atoms with E-state index in [1.807, 2.05) is 0 Å². The van der Waals surface area contributed by atoms with Gasteiger partial charge in [-0.05, 0) is 11.1 Å². The second kappa shape index (κ2) is 5.30. The average molecular weight is 247 g/mol. The molecule has 0 bridgehead atoms. The molecule has 0 saturated heterocycles. The van der Waals surface area contributed by atoms with Gasteiger partial charge in [0.1, 0.15) is 11.4 Å². The van der Waals surface area contributed by atoms with Crippen molar-refractivity contribution in [1.82, 2.24) is 5.32 Å². The van der Waals surface area contributed by atoms with Gasteiger partial charge in [0.2, 0.25) is 11.7 Å². The van der Waals surface area contributed by atoms with Crippen LogP contribution in [-0.2, 0) is 14.4 Å². The highest BCUT2D eigenvalue weighted by molar-refractivity contribution is 6.23. The van der Waals surface area contributed by atoms with E-state index in [1.54, 1.807) is 0 Å². The Labute approximate surface area is 99.2 Å². The summed E-state index contributed by atoms with van der Waals surface area (Å²) in [7, 11) is 0. The molecule has 0 heterocycles. The maximum Gasteiger partial charge on any atom is 0.221 e. The summed E-state index contributed by atoms with van der Waals surface area (Å²) in [6.07, 6.45) is 0.754. The van der Waals surface area contributed by atoms with Gasteiger partial charge in [0.05, 0.1) is 5.70 Å². The number of hydrogen-bond donors (Lipinski definition) is 1. The molecule has 1 N–H and O–H groups in total. The topological polar surface area (TPSA) is 161 Å². The largest absolute Gasteiger partial charge is 0.323 e. The number of nitrogens with one attached hydrogen (secondary N) is 1. The van der Waals surface area contributed by atoms with Crippen LogP contribution in [-0.4, -0.2) is 17.5 Å². The molecular weight excluding hydrogens is 242 g/mol. The normalized spacial score (nSPS) is 14.4. The summed E-state index contributed by atoms with van der Waals surface area (Å²) in [4.78, 5) is 38.9. The van der Waals surface area contributed by atoms with E-state index in [0.29, 0.717) is 0 Å². The van der Waals surface area contributed by atoms with E-state index in [0.717, 1.165) is 13.0 Å². The number of azide groups is 2. The fraction of sp³-hybridized carbons (Fsp3) is 0.125. The summed E-state index contributed by atoms with van der Waals surface area (Å²) in [5.74, 6) is -2.35. The minimum absolute atomic E-state index is 0.442. The molecule has 1 aliphatic carbocycles. The molecule has 0 saturated carbocycles. The molecule has 1 aliphatic rings. The fourth-order valence-electron chi connectivity index (χ4n) is 1.17. The van der Waals surface area contributed by atoms with Crippen molar-refractivity contribution in [2.75, 3.05) is 0 Å². The predicted molar refractivity (Wildman–Crippen MR) is 57.2 cm³/mol. The Morgan fingerprint density at radius 3 is 2.39 bits per heavy atom.